The zero-order valence-corrected chi connectivity index (χ0v) is 13.4. The topological polar surface area (TPSA) is 51.7 Å². The summed E-state index contributed by atoms with van der Waals surface area (Å²) in [5.41, 5.74) is 1.37. The number of anilines is 1. The maximum atomic E-state index is 13.1. The highest BCUT2D eigenvalue weighted by molar-refractivity contribution is 5.89. The Balaban J connectivity index is 1.70. The summed E-state index contributed by atoms with van der Waals surface area (Å²) < 4.78 is 23.8. The van der Waals surface area contributed by atoms with Crippen LogP contribution in [-0.2, 0) is 9.47 Å². The lowest BCUT2D eigenvalue weighted by Crippen LogP contribution is -2.38. The molecule has 0 unspecified atom stereocenters. The number of carbonyl (C=O) groups excluding carboxylic acids is 1. The van der Waals surface area contributed by atoms with Gasteiger partial charge in [0.1, 0.15) is 17.7 Å². The minimum atomic E-state index is -0.372. The Hall–Kier alpha value is -2.47. The van der Waals surface area contributed by atoms with Crippen molar-refractivity contribution in [3.05, 3.63) is 59.5 Å². The fraction of sp³-hybridized carbons (Fsp3) is 0.333. The van der Waals surface area contributed by atoms with E-state index >= 15 is 0 Å². The third kappa shape index (κ3) is 3.71. The van der Waals surface area contributed by atoms with Crippen LogP contribution < -0.4 is 4.90 Å². The number of morpholine rings is 1. The second kappa shape index (κ2) is 7.40. The van der Waals surface area contributed by atoms with Crippen molar-refractivity contribution in [1.82, 2.24) is 4.98 Å². The minimum absolute atomic E-state index is 0.133. The number of halogens is 1. The Bertz CT molecular complexity index is 688. The van der Waals surface area contributed by atoms with E-state index in [1.807, 2.05) is 0 Å². The van der Waals surface area contributed by atoms with Crippen LogP contribution >= 0.6 is 0 Å². The van der Waals surface area contributed by atoms with E-state index in [0.717, 1.165) is 11.4 Å². The Morgan fingerprint density at radius 1 is 1.33 bits per heavy atom. The molecule has 0 saturated carbocycles. The van der Waals surface area contributed by atoms with Crippen LogP contribution in [0.3, 0.4) is 0 Å². The first-order valence-electron chi connectivity index (χ1n) is 7.92. The van der Waals surface area contributed by atoms with E-state index in [-0.39, 0.29) is 17.9 Å². The monoisotopic (exact) mass is 330 g/mol. The normalized spacial score (nSPS) is 17.6. The summed E-state index contributed by atoms with van der Waals surface area (Å²) in [6.07, 6.45) is 1.39. The molecule has 126 valence electrons. The SMILES string of the molecule is CCOC(=O)c1ccc(N2CCO[C@H](c3ccc(F)cc3)C2)nc1. The number of rotatable bonds is 4. The van der Waals surface area contributed by atoms with Gasteiger partial charge in [0, 0.05) is 19.3 Å². The van der Waals surface area contributed by atoms with Crippen LogP contribution in [0, 0.1) is 5.82 Å². The van der Waals surface area contributed by atoms with Crippen LogP contribution in [0.4, 0.5) is 10.2 Å². The maximum Gasteiger partial charge on any atom is 0.339 e. The molecule has 3 rings (SSSR count). The van der Waals surface area contributed by atoms with E-state index < -0.39 is 0 Å². The Kier molecular flexibility index (Phi) is 5.05. The van der Waals surface area contributed by atoms with Crippen LogP contribution in [0.25, 0.3) is 0 Å². The molecule has 0 bridgehead atoms. The van der Waals surface area contributed by atoms with E-state index in [0.29, 0.717) is 31.9 Å². The molecule has 1 atom stereocenters. The van der Waals surface area contributed by atoms with Gasteiger partial charge in [-0.1, -0.05) is 12.1 Å². The number of ether oxygens (including phenoxy) is 2. The molecule has 5 nitrogen and oxygen atoms in total. The van der Waals surface area contributed by atoms with Gasteiger partial charge in [0.05, 0.1) is 18.8 Å². The number of hydrogen-bond acceptors (Lipinski definition) is 5. The summed E-state index contributed by atoms with van der Waals surface area (Å²) in [7, 11) is 0. The smallest absolute Gasteiger partial charge is 0.339 e. The van der Waals surface area contributed by atoms with Crippen LogP contribution in [0.1, 0.15) is 28.9 Å². The fourth-order valence-corrected chi connectivity index (χ4v) is 2.64. The van der Waals surface area contributed by atoms with Gasteiger partial charge in [0.25, 0.3) is 0 Å². The quantitative estimate of drug-likeness (QED) is 0.807. The lowest BCUT2D eigenvalue weighted by molar-refractivity contribution is 0.0394. The van der Waals surface area contributed by atoms with Gasteiger partial charge in [-0.3, -0.25) is 0 Å². The summed E-state index contributed by atoms with van der Waals surface area (Å²) >= 11 is 0. The summed E-state index contributed by atoms with van der Waals surface area (Å²) in [6, 6.07) is 9.86. The van der Waals surface area contributed by atoms with Crippen LogP contribution in [0.2, 0.25) is 0 Å². The molecule has 2 heterocycles. The molecule has 24 heavy (non-hydrogen) atoms. The number of hydrogen-bond donors (Lipinski definition) is 0. The fourth-order valence-electron chi connectivity index (χ4n) is 2.64. The molecule has 1 saturated heterocycles. The summed E-state index contributed by atoms with van der Waals surface area (Å²) in [5.74, 6) is 0.142. The Morgan fingerprint density at radius 2 is 2.12 bits per heavy atom. The standard InChI is InChI=1S/C18H19FN2O3/c1-2-23-18(22)14-5-8-17(20-11-14)21-9-10-24-16(12-21)13-3-6-15(19)7-4-13/h3-8,11,16H,2,9-10,12H2,1H3/t16-/m0/s1. The van der Waals surface area contributed by atoms with Crippen molar-refractivity contribution in [2.45, 2.75) is 13.0 Å². The van der Waals surface area contributed by atoms with E-state index in [9.17, 15) is 9.18 Å². The predicted molar refractivity (Wildman–Crippen MR) is 87.5 cm³/mol. The first kappa shape index (κ1) is 16.4. The largest absolute Gasteiger partial charge is 0.462 e. The van der Waals surface area contributed by atoms with Gasteiger partial charge < -0.3 is 14.4 Å². The third-order valence-electron chi connectivity index (χ3n) is 3.89. The molecule has 6 heteroatoms. The maximum absolute atomic E-state index is 13.1. The summed E-state index contributed by atoms with van der Waals surface area (Å²) in [4.78, 5) is 18.1. The molecule has 0 amide bonds. The number of aromatic nitrogens is 1. The van der Waals surface area contributed by atoms with Crippen molar-refractivity contribution >= 4 is 11.8 Å². The number of carbonyl (C=O) groups is 1. The molecule has 2 aromatic rings. The van der Waals surface area contributed by atoms with E-state index in [1.54, 1.807) is 31.2 Å². The van der Waals surface area contributed by atoms with Crippen LogP contribution in [0.5, 0.6) is 0 Å². The van der Waals surface area contributed by atoms with Crippen molar-refractivity contribution in [3.63, 3.8) is 0 Å². The summed E-state index contributed by atoms with van der Waals surface area (Å²) in [6.45, 7) is 4.00. The highest BCUT2D eigenvalue weighted by Gasteiger charge is 2.23. The van der Waals surface area contributed by atoms with Crippen molar-refractivity contribution in [2.75, 3.05) is 31.2 Å². The van der Waals surface area contributed by atoms with Gasteiger partial charge in [0.2, 0.25) is 0 Å². The lowest BCUT2D eigenvalue weighted by Gasteiger charge is -2.34. The number of benzene rings is 1. The van der Waals surface area contributed by atoms with Crippen LogP contribution in [-0.4, -0.2) is 37.3 Å². The second-order valence-corrected chi connectivity index (χ2v) is 5.48. The van der Waals surface area contributed by atoms with Gasteiger partial charge >= 0.3 is 5.97 Å². The van der Waals surface area contributed by atoms with Crippen molar-refractivity contribution in [3.8, 4) is 0 Å². The van der Waals surface area contributed by atoms with E-state index in [4.69, 9.17) is 9.47 Å². The zero-order chi connectivity index (χ0) is 16.9. The number of pyridine rings is 1. The highest BCUT2D eigenvalue weighted by atomic mass is 19.1. The molecule has 0 aliphatic carbocycles. The second-order valence-electron chi connectivity index (χ2n) is 5.48. The molecule has 1 fully saturated rings. The average molecular weight is 330 g/mol. The first-order valence-corrected chi connectivity index (χ1v) is 7.92. The molecular formula is C18H19FN2O3. The number of esters is 1. The van der Waals surface area contributed by atoms with Gasteiger partial charge in [-0.15, -0.1) is 0 Å². The van der Waals surface area contributed by atoms with Crippen LogP contribution in [0.15, 0.2) is 42.6 Å². The molecule has 1 aliphatic rings. The van der Waals surface area contributed by atoms with E-state index in [2.05, 4.69) is 9.88 Å². The predicted octanol–water partition coefficient (Wildman–Crippen LogP) is 2.98. The zero-order valence-electron chi connectivity index (χ0n) is 13.4. The van der Waals surface area contributed by atoms with Crippen molar-refractivity contribution in [2.24, 2.45) is 0 Å². The first-order chi connectivity index (χ1) is 11.7. The molecule has 0 spiro atoms. The molecule has 0 N–H and O–H groups in total. The van der Waals surface area contributed by atoms with Crippen molar-refractivity contribution in [1.29, 1.82) is 0 Å². The molecular weight excluding hydrogens is 311 g/mol. The molecule has 1 aromatic carbocycles. The van der Waals surface area contributed by atoms with Gasteiger partial charge in [-0.05, 0) is 36.8 Å². The minimum Gasteiger partial charge on any atom is -0.462 e. The van der Waals surface area contributed by atoms with Gasteiger partial charge in [-0.25, -0.2) is 14.2 Å². The van der Waals surface area contributed by atoms with Gasteiger partial charge in [0.15, 0.2) is 0 Å². The van der Waals surface area contributed by atoms with E-state index in [1.165, 1.54) is 18.3 Å². The summed E-state index contributed by atoms with van der Waals surface area (Å²) in [5, 5.41) is 0. The number of nitrogens with zero attached hydrogens (tertiary/aromatic N) is 2. The molecule has 0 radical (unpaired) electrons. The molecule has 1 aromatic heterocycles. The highest BCUT2D eigenvalue weighted by Crippen LogP contribution is 2.25. The van der Waals surface area contributed by atoms with Gasteiger partial charge in [-0.2, -0.15) is 0 Å². The Morgan fingerprint density at radius 3 is 2.79 bits per heavy atom. The Labute approximate surface area is 140 Å². The average Bonchev–Trinajstić information content (AvgIpc) is 2.63. The molecule has 1 aliphatic heterocycles. The third-order valence-corrected chi connectivity index (χ3v) is 3.89. The van der Waals surface area contributed by atoms with Crippen molar-refractivity contribution < 1.29 is 18.7 Å². The lowest BCUT2D eigenvalue weighted by atomic mass is 10.1.